The van der Waals surface area contributed by atoms with Crippen LogP contribution in [0.4, 0.5) is 0 Å². The molecule has 2 rings (SSSR count). The lowest BCUT2D eigenvalue weighted by atomic mass is 9.90. The van der Waals surface area contributed by atoms with Gasteiger partial charge in [-0.3, -0.25) is 0 Å². The van der Waals surface area contributed by atoms with Crippen LogP contribution in [0.15, 0.2) is 18.2 Å². The van der Waals surface area contributed by atoms with Gasteiger partial charge in [0.25, 0.3) is 0 Å². The maximum atomic E-state index is 6.45. The minimum Gasteiger partial charge on any atom is -0.327 e. The fourth-order valence-corrected chi connectivity index (χ4v) is 3.31. The summed E-state index contributed by atoms with van der Waals surface area (Å²) in [5, 5.41) is 0. The van der Waals surface area contributed by atoms with Crippen LogP contribution in [0, 0.1) is 25.7 Å². The van der Waals surface area contributed by atoms with Crippen LogP contribution in [0.2, 0.25) is 0 Å². The van der Waals surface area contributed by atoms with E-state index >= 15 is 0 Å². The Kier molecular flexibility index (Phi) is 4.45. The molecule has 0 radical (unpaired) electrons. The lowest BCUT2D eigenvalue weighted by Gasteiger charge is -2.20. The second kappa shape index (κ2) is 5.88. The summed E-state index contributed by atoms with van der Waals surface area (Å²) in [4.78, 5) is 0. The molecule has 100 valence electrons. The lowest BCUT2D eigenvalue weighted by Crippen LogP contribution is -2.31. The van der Waals surface area contributed by atoms with Gasteiger partial charge in [0.2, 0.25) is 0 Å². The van der Waals surface area contributed by atoms with E-state index in [2.05, 4.69) is 39.0 Å². The highest BCUT2D eigenvalue weighted by molar-refractivity contribution is 5.31. The lowest BCUT2D eigenvalue weighted by molar-refractivity contribution is 0.404. The molecule has 0 heterocycles. The van der Waals surface area contributed by atoms with Crippen LogP contribution in [0.5, 0.6) is 0 Å². The molecule has 1 aliphatic rings. The average Bonchev–Trinajstić information content (AvgIpc) is 2.82. The van der Waals surface area contributed by atoms with Crippen molar-refractivity contribution in [1.82, 2.24) is 0 Å². The molecule has 18 heavy (non-hydrogen) atoms. The molecule has 1 aliphatic carbocycles. The van der Waals surface area contributed by atoms with Gasteiger partial charge in [-0.25, -0.2) is 0 Å². The number of hydrogen-bond donors (Lipinski definition) is 1. The number of benzene rings is 1. The van der Waals surface area contributed by atoms with Crippen molar-refractivity contribution in [3.8, 4) is 0 Å². The largest absolute Gasteiger partial charge is 0.327 e. The van der Waals surface area contributed by atoms with Gasteiger partial charge in [-0.15, -0.1) is 0 Å². The molecule has 1 saturated carbocycles. The summed E-state index contributed by atoms with van der Waals surface area (Å²) in [5.41, 5.74) is 10.6. The van der Waals surface area contributed by atoms with E-state index in [4.69, 9.17) is 5.73 Å². The second-order valence-corrected chi connectivity index (χ2v) is 6.15. The molecule has 0 bridgehead atoms. The molecule has 1 aromatic carbocycles. The van der Waals surface area contributed by atoms with Crippen molar-refractivity contribution < 1.29 is 0 Å². The Morgan fingerprint density at radius 1 is 1.28 bits per heavy atom. The van der Waals surface area contributed by atoms with E-state index in [1.54, 1.807) is 0 Å². The Labute approximate surface area is 112 Å². The molecule has 1 heteroatoms. The minimum absolute atomic E-state index is 0.349. The number of nitrogens with two attached hydrogens (primary N) is 1. The Balaban J connectivity index is 1.98. The number of aryl methyl sites for hydroxylation is 2. The van der Waals surface area contributed by atoms with Crippen molar-refractivity contribution in [3.05, 3.63) is 34.9 Å². The molecule has 0 aromatic heterocycles. The summed E-state index contributed by atoms with van der Waals surface area (Å²) in [6, 6.07) is 7.07. The van der Waals surface area contributed by atoms with Crippen molar-refractivity contribution in [3.63, 3.8) is 0 Å². The number of hydrogen-bond acceptors (Lipinski definition) is 1. The molecule has 1 aromatic rings. The third kappa shape index (κ3) is 3.14. The van der Waals surface area contributed by atoms with Crippen molar-refractivity contribution >= 4 is 0 Å². The van der Waals surface area contributed by atoms with Gasteiger partial charge in [0.15, 0.2) is 0 Å². The highest BCUT2D eigenvalue weighted by atomic mass is 14.7. The van der Waals surface area contributed by atoms with E-state index in [1.165, 1.54) is 42.4 Å². The molecule has 0 amide bonds. The Morgan fingerprint density at radius 3 is 2.72 bits per heavy atom. The van der Waals surface area contributed by atoms with Gasteiger partial charge in [-0.1, -0.05) is 43.5 Å². The van der Waals surface area contributed by atoms with Gasteiger partial charge < -0.3 is 5.73 Å². The predicted octanol–water partition coefficient (Wildman–Crippen LogP) is 4.00. The zero-order chi connectivity index (χ0) is 13.1. The van der Waals surface area contributed by atoms with Gasteiger partial charge in [-0.2, -0.15) is 0 Å². The maximum Gasteiger partial charge on any atom is 0.0108 e. The van der Waals surface area contributed by atoms with Crippen molar-refractivity contribution in [2.75, 3.05) is 0 Å². The number of rotatable bonds is 4. The molecule has 1 fully saturated rings. The molecule has 3 unspecified atom stereocenters. The van der Waals surface area contributed by atoms with E-state index in [0.29, 0.717) is 6.04 Å². The van der Waals surface area contributed by atoms with Crippen LogP contribution in [0.25, 0.3) is 0 Å². The topological polar surface area (TPSA) is 26.0 Å². The summed E-state index contributed by atoms with van der Waals surface area (Å²) in [7, 11) is 0. The third-order valence-corrected chi connectivity index (χ3v) is 4.72. The summed E-state index contributed by atoms with van der Waals surface area (Å²) >= 11 is 0. The average molecular weight is 245 g/mol. The van der Waals surface area contributed by atoms with Crippen LogP contribution < -0.4 is 5.73 Å². The SMILES string of the molecule is CCC1CCC(C(N)Cc2cc(C)ccc2C)C1. The van der Waals surface area contributed by atoms with Gasteiger partial charge in [0, 0.05) is 6.04 Å². The zero-order valence-electron chi connectivity index (χ0n) is 12.1. The highest BCUT2D eigenvalue weighted by Crippen LogP contribution is 2.35. The van der Waals surface area contributed by atoms with Crippen LogP contribution in [-0.4, -0.2) is 6.04 Å². The minimum atomic E-state index is 0.349. The molecule has 0 spiro atoms. The van der Waals surface area contributed by atoms with Gasteiger partial charge in [0.05, 0.1) is 0 Å². The Morgan fingerprint density at radius 2 is 2.06 bits per heavy atom. The standard InChI is InChI=1S/C17H27N/c1-4-14-7-8-15(10-14)17(18)11-16-9-12(2)5-6-13(16)3/h5-6,9,14-15,17H,4,7-8,10-11,18H2,1-3H3. The highest BCUT2D eigenvalue weighted by Gasteiger charge is 2.28. The van der Waals surface area contributed by atoms with Crippen LogP contribution in [0.1, 0.15) is 49.3 Å². The Hall–Kier alpha value is -0.820. The summed E-state index contributed by atoms with van der Waals surface area (Å²) in [6.45, 7) is 6.67. The van der Waals surface area contributed by atoms with Crippen molar-refractivity contribution in [2.45, 2.75) is 58.9 Å². The summed E-state index contributed by atoms with van der Waals surface area (Å²) in [6.07, 6.45) is 6.45. The first-order valence-corrected chi connectivity index (χ1v) is 7.41. The maximum absolute atomic E-state index is 6.45. The van der Waals surface area contributed by atoms with E-state index in [9.17, 15) is 0 Å². The summed E-state index contributed by atoms with van der Waals surface area (Å²) in [5.74, 6) is 1.68. The second-order valence-electron chi connectivity index (χ2n) is 6.15. The van der Waals surface area contributed by atoms with Crippen LogP contribution in [0.3, 0.4) is 0 Å². The van der Waals surface area contributed by atoms with Crippen molar-refractivity contribution in [2.24, 2.45) is 17.6 Å². The molecule has 1 nitrogen and oxygen atoms in total. The molecule has 3 atom stereocenters. The Bertz CT molecular complexity index is 397. The molecular weight excluding hydrogens is 218 g/mol. The van der Waals surface area contributed by atoms with Gasteiger partial charge in [0.1, 0.15) is 0 Å². The molecule has 0 aliphatic heterocycles. The first kappa shape index (κ1) is 13.6. The third-order valence-electron chi connectivity index (χ3n) is 4.72. The smallest absolute Gasteiger partial charge is 0.0108 e. The monoisotopic (exact) mass is 245 g/mol. The zero-order valence-corrected chi connectivity index (χ0v) is 12.1. The first-order chi connectivity index (χ1) is 8.60. The molecule has 2 N–H and O–H groups in total. The van der Waals surface area contributed by atoms with Crippen LogP contribution >= 0.6 is 0 Å². The van der Waals surface area contributed by atoms with Gasteiger partial charge >= 0.3 is 0 Å². The fourth-order valence-electron chi connectivity index (χ4n) is 3.31. The van der Waals surface area contributed by atoms with Crippen molar-refractivity contribution in [1.29, 1.82) is 0 Å². The van der Waals surface area contributed by atoms with Gasteiger partial charge in [-0.05, 0) is 56.1 Å². The molecular formula is C17H27N. The van der Waals surface area contributed by atoms with E-state index in [0.717, 1.165) is 18.3 Å². The van der Waals surface area contributed by atoms with Crippen LogP contribution in [-0.2, 0) is 6.42 Å². The predicted molar refractivity (Wildman–Crippen MR) is 78.7 cm³/mol. The quantitative estimate of drug-likeness (QED) is 0.852. The van der Waals surface area contributed by atoms with E-state index in [1.807, 2.05) is 0 Å². The fraction of sp³-hybridized carbons (Fsp3) is 0.647. The molecule has 0 saturated heterocycles. The van der Waals surface area contributed by atoms with E-state index in [-0.39, 0.29) is 0 Å². The first-order valence-electron chi connectivity index (χ1n) is 7.41. The normalized spacial score (nSPS) is 25.3. The van der Waals surface area contributed by atoms with E-state index < -0.39 is 0 Å². The summed E-state index contributed by atoms with van der Waals surface area (Å²) < 4.78 is 0.